The van der Waals surface area contributed by atoms with Crippen LogP contribution in [0.1, 0.15) is 45.4 Å². The van der Waals surface area contributed by atoms with Crippen LogP contribution in [0.4, 0.5) is 28.4 Å². The molecule has 6 heteroatoms. The molecule has 0 amide bonds. The van der Waals surface area contributed by atoms with Gasteiger partial charge in [0.2, 0.25) is 0 Å². The van der Waals surface area contributed by atoms with E-state index in [1.165, 1.54) is 43.2 Å². The van der Waals surface area contributed by atoms with Gasteiger partial charge in [0.25, 0.3) is 0 Å². The number of fused-ring (bicyclic) bond motifs is 3. The predicted octanol–water partition coefficient (Wildman–Crippen LogP) is 13.4. The Labute approximate surface area is 329 Å². The van der Waals surface area contributed by atoms with Gasteiger partial charge in [0.15, 0.2) is 17.5 Å². The summed E-state index contributed by atoms with van der Waals surface area (Å²) in [5, 5.41) is 2.32. The SMILES string of the molecule is CCCCCCCCN1c2ccccc2N(c2cccc(-c3nccc4ccccc34)c2)c2ccc(-c3nc(-c4ccccc4)nc(-c4ccccc4)n3)cc21. The van der Waals surface area contributed by atoms with Crippen molar-refractivity contribution in [2.45, 2.75) is 45.4 Å². The Morgan fingerprint density at radius 2 is 1.05 bits per heavy atom. The van der Waals surface area contributed by atoms with E-state index < -0.39 is 0 Å². The normalized spacial score (nSPS) is 12.1. The monoisotopic (exact) mass is 728 g/mol. The lowest BCUT2D eigenvalue weighted by molar-refractivity contribution is 0.609. The highest BCUT2D eigenvalue weighted by Gasteiger charge is 2.30. The summed E-state index contributed by atoms with van der Waals surface area (Å²) in [7, 11) is 0. The van der Waals surface area contributed by atoms with Gasteiger partial charge in [-0.25, -0.2) is 15.0 Å². The van der Waals surface area contributed by atoms with Crippen LogP contribution in [-0.4, -0.2) is 26.5 Å². The van der Waals surface area contributed by atoms with Crippen molar-refractivity contribution in [3.8, 4) is 45.4 Å². The van der Waals surface area contributed by atoms with Crippen molar-refractivity contribution < 1.29 is 0 Å². The summed E-state index contributed by atoms with van der Waals surface area (Å²) in [6.07, 6.45) is 9.30. The fourth-order valence-electron chi connectivity index (χ4n) is 7.86. The van der Waals surface area contributed by atoms with E-state index in [1.54, 1.807) is 0 Å². The zero-order valence-electron chi connectivity index (χ0n) is 31.7. The third-order valence-electron chi connectivity index (χ3n) is 10.7. The topological polar surface area (TPSA) is 58.0 Å². The molecule has 6 aromatic carbocycles. The summed E-state index contributed by atoms with van der Waals surface area (Å²) in [6, 6.07) is 55.2. The number of hydrogen-bond donors (Lipinski definition) is 0. The summed E-state index contributed by atoms with van der Waals surface area (Å²) in [6.45, 7) is 3.19. The number of para-hydroxylation sites is 2. The van der Waals surface area contributed by atoms with Crippen molar-refractivity contribution in [2.24, 2.45) is 0 Å². The van der Waals surface area contributed by atoms with Gasteiger partial charge in [-0.3, -0.25) is 4.98 Å². The van der Waals surface area contributed by atoms with E-state index in [1.807, 2.05) is 42.6 Å². The van der Waals surface area contributed by atoms with Gasteiger partial charge in [-0.05, 0) is 60.3 Å². The number of pyridine rings is 1. The van der Waals surface area contributed by atoms with Crippen LogP contribution in [0, 0.1) is 0 Å². The maximum Gasteiger partial charge on any atom is 0.164 e. The largest absolute Gasteiger partial charge is 0.338 e. The molecule has 0 spiro atoms. The van der Waals surface area contributed by atoms with E-state index in [0.717, 1.165) is 69.0 Å². The zero-order chi connectivity index (χ0) is 37.7. The van der Waals surface area contributed by atoms with E-state index in [4.69, 9.17) is 19.9 Å². The second-order valence-corrected chi connectivity index (χ2v) is 14.4. The van der Waals surface area contributed by atoms with Gasteiger partial charge in [-0.1, -0.05) is 148 Å². The van der Waals surface area contributed by atoms with Crippen molar-refractivity contribution >= 4 is 39.2 Å². The van der Waals surface area contributed by atoms with Gasteiger partial charge in [-0.15, -0.1) is 0 Å². The Kier molecular flexibility index (Phi) is 10.0. The number of nitrogens with zero attached hydrogens (tertiary/aromatic N) is 6. The molecule has 2 aromatic heterocycles. The fraction of sp³-hybridized carbons (Fsp3) is 0.160. The molecule has 0 N–H and O–H groups in total. The lowest BCUT2D eigenvalue weighted by atomic mass is 10.0. The number of aromatic nitrogens is 4. The van der Waals surface area contributed by atoms with Gasteiger partial charge in [0, 0.05) is 46.1 Å². The summed E-state index contributed by atoms with van der Waals surface area (Å²) in [5.41, 5.74) is 10.6. The molecule has 3 heterocycles. The molecule has 6 nitrogen and oxygen atoms in total. The Hall–Kier alpha value is -6.66. The van der Waals surface area contributed by atoms with Gasteiger partial charge in [0.1, 0.15) is 0 Å². The molecule has 56 heavy (non-hydrogen) atoms. The Bertz CT molecular complexity index is 2540. The molecule has 0 saturated carbocycles. The smallest absolute Gasteiger partial charge is 0.164 e. The molecule has 0 fully saturated rings. The molecule has 0 unspecified atom stereocenters. The first-order valence-corrected chi connectivity index (χ1v) is 19.9. The Balaban J connectivity index is 1.18. The molecule has 274 valence electrons. The molecule has 8 aromatic rings. The summed E-state index contributed by atoms with van der Waals surface area (Å²) in [5.74, 6) is 1.96. The molecular weight excluding hydrogens is 685 g/mol. The van der Waals surface area contributed by atoms with Crippen molar-refractivity contribution in [3.05, 3.63) is 164 Å². The second-order valence-electron chi connectivity index (χ2n) is 14.4. The van der Waals surface area contributed by atoms with Crippen LogP contribution in [-0.2, 0) is 0 Å². The molecule has 1 aliphatic rings. The molecule has 0 saturated heterocycles. The molecule has 0 aliphatic carbocycles. The predicted molar refractivity (Wildman–Crippen MR) is 232 cm³/mol. The highest BCUT2D eigenvalue weighted by atomic mass is 15.3. The maximum atomic E-state index is 5.11. The number of unbranched alkanes of at least 4 members (excludes halogenated alkanes) is 5. The zero-order valence-corrected chi connectivity index (χ0v) is 31.7. The van der Waals surface area contributed by atoms with Crippen molar-refractivity contribution in [1.82, 2.24) is 19.9 Å². The Morgan fingerprint density at radius 1 is 0.446 bits per heavy atom. The third kappa shape index (κ3) is 7.02. The lowest BCUT2D eigenvalue weighted by Gasteiger charge is -2.40. The number of benzene rings is 6. The quantitative estimate of drug-likeness (QED) is 0.117. The van der Waals surface area contributed by atoms with Crippen LogP contribution in [0.3, 0.4) is 0 Å². The van der Waals surface area contributed by atoms with E-state index in [-0.39, 0.29) is 0 Å². The van der Waals surface area contributed by atoms with E-state index >= 15 is 0 Å². The minimum Gasteiger partial charge on any atom is -0.338 e. The minimum absolute atomic E-state index is 0.648. The van der Waals surface area contributed by atoms with Crippen LogP contribution >= 0.6 is 0 Å². The van der Waals surface area contributed by atoms with E-state index in [2.05, 4.69) is 138 Å². The van der Waals surface area contributed by atoms with Gasteiger partial charge in [0.05, 0.1) is 28.4 Å². The van der Waals surface area contributed by atoms with Gasteiger partial charge >= 0.3 is 0 Å². The standard InChI is InChI=1S/C50H44N6/c1-2-3-4-5-6-17-33-55-43-27-15-16-28-44(43)56(41-25-18-24-39(34-41)47-42-26-14-13-19-36(42)31-32-51-47)45-30-29-40(35-46(45)55)50-53-48(37-20-9-7-10-21-37)52-49(54-50)38-22-11-8-12-23-38/h7-16,18-32,34-35H,2-6,17,33H2,1H3. The van der Waals surface area contributed by atoms with Crippen LogP contribution in [0.25, 0.3) is 56.2 Å². The first kappa shape index (κ1) is 35.1. The van der Waals surface area contributed by atoms with Crippen LogP contribution in [0.15, 0.2) is 164 Å². The number of hydrogen-bond acceptors (Lipinski definition) is 6. The average Bonchev–Trinajstić information content (AvgIpc) is 3.27. The number of anilines is 5. The van der Waals surface area contributed by atoms with E-state index in [9.17, 15) is 0 Å². The molecule has 0 atom stereocenters. The molecule has 0 bridgehead atoms. The van der Waals surface area contributed by atoms with Crippen molar-refractivity contribution in [1.29, 1.82) is 0 Å². The third-order valence-corrected chi connectivity index (χ3v) is 10.7. The van der Waals surface area contributed by atoms with Gasteiger partial charge in [-0.2, -0.15) is 0 Å². The maximum absolute atomic E-state index is 5.11. The van der Waals surface area contributed by atoms with Crippen molar-refractivity contribution in [2.75, 3.05) is 16.3 Å². The van der Waals surface area contributed by atoms with Crippen LogP contribution < -0.4 is 9.80 Å². The van der Waals surface area contributed by atoms with Crippen molar-refractivity contribution in [3.63, 3.8) is 0 Å². The second kappa shape index (κ2) is 16.0. The highest BCUT2D eigenvalue weighted by molar-refractivity contribution is 6.00. The Morgan fingerprint density at radius 3 is 1.80 bits per heavy atom. The first-order chi connectivity index (χ1) is 27.7. The highest BCUT2D eigenvalue weighted by Crippen LogP contribution is 2.52. The van der Waals surface area contributed by atoms with Crippen LogP contribution in [0.5, 0.6) is 0 Å². The summed E-state index contributed by atoms with van der Waals surface area (Å²) < 4.78 is 0. The summed E-state index contributed by atoms with van der Waals surface area (Å²) >= 11 is 0. The molecule has 0 radical (unpaired) electrons. The van der Waals surface area contributed by atoms with Gasteiger partial charge < -0.3 is 9.80 Å². The molecule has 9 rings (SSSR count). The average molecular weight is 729 g/mol. The fourth-order valence-corrected chi connectivity index (χ4v) is 7.86. The minimum atomic E-state index is 0.648. The first-order valence-electron chi connectivity index (χ1n) is 19.9. The van der Waals surface area contributed by atoms with E-state index in [0.29, 0.717) is 17.5 Å². The number of rotatable bonds is 12. The molecule has 1 aliphatic heterocycles. The molecular formula is C50H44N6. The lowest BCUT2D eigenvalue weighted by Crippen LogP contribution is -2.28. The van der Waals surface area contributed by atoms with Crippen LogP contribution in [0.2, 0.25) is 0 Å². The summed E-state index contributed by atoms with van der Waals surface area (Å²) in [4.78, 5) is 25.0.